The highest BCUT2D eigenvalue weighted by Gasteiger charge is 2.56. The summed E-state index contributed by atoms with van der Waals surface area (Å²) in [6, 6.07) is 0. The first-order chi connectivity index (χ1) is 9.20. The molecule has 4 heteroatoms. The zero-order chi connectivity index (χ0) is 13.4. The van der Waals surface area contributed by atoms with E-state index in [9.17, 15) is 4.79 Å². The summed E-state index contributed by atoms with van der Waals surface area (Å²) >= 11 is 1.77. The second kappa shape index (κ2) is 5.23. The van der Waals surface area contributed by atoms with Gasteiger partial charge in [-0.05, 0) is 38.0 Å². The summed E-state index contributed by atoms with van der Waals surface area (Å²) in [5, 5.41) is 4.25. The van der Waals surface area contributed by atoms with Crippen molar-refractivity contribution >= 4 is 17.2 Å². The molecule has 2 aliphatic rings. The monoisotopic (exact) mass is 278 g/mol. The van der Waals surface area contributed by atoms with E-state index in [0.29, 0.717) is 23.7 Å². The van der Waals surface area contributed by atoms with E-state index >= 15 is 0 Å². The third kappa shape index (κ3) is 2.55. The minimum atomic E-state index is 0.290. The maximum atomic E-state index is 12.0. The van der Waals surface area contributed by atoms with Crippen LogP contribution in [0.2, 0.25) is 0 Å². The van der Waals surface area contributed by atoms with Crippen LogP contribution in [0.25, 0.3) is 0 Å². The molecule has 19 heavy (non-hydrogen) atoms. The molecule has 0 spiro atoms. The Morgan fingerprint density at radius 3 is 2.79 bits per heavy atom. The van der Waals surface area contributed by atoms with E-state index in [2.05, 4.69) is 24.1 Å². The van der Waals surface area contributed by atoms with Crippen LogP contribution in [0.5, 0.6) is 0 Å². The maximum absolute atomic E-state index is 12.0. The summed E-state index contributed by atoms with van der Waals surface area (Å²) in [6.45, 7) is 5.01. The number of carbonyl (C=O) groups excluding carboxylic acids is 1. The van der Waals surface area contributed by atoms with Crippen LogP contribution in [-0.4, -0.2) is 17.4 Å². The molecule has 0 aliphatic heterocycles. The minimum absolute atomic E-state index is 0.290. The lowest BCUT2D eigenvalue weighted by molar-refractivity contribution is -0.123. The third-order valence-electron chi connectivity index (χ3n) is 4.62. The molecule has 2 saturated carbocycles. The molecule has 104 valence electrons. The molecule has 1 amide bonds. The molecule has 1 aromatic heterocycles. The second-order valence-electron chi connectivity index (χ2n) is 5.79. The Balaban J connectivity index is 1.44. The first-order valence-electron chi connectivity index (χ1n) is 7.43. The number of nitrogens with zero attached hydrogens (tertiary/aromatic N) is 1. The summed E-state index contributed by atoms with van der Waals surface area (Å²) in [6.07, 6.45) is 5.75. The third-order valence-corrected chi connectivity index (χ3v) is 5.69. The molecule has 2 unspecified atom stereocenters. The van der Waals surface area contributed by atoms with Crippen molar-refractivity contribution < 1.29 is 4.79 Å². The molecule has 3 rings (SSSR count). The Labute approximate surface area is 118 Å². The van der Waals surface area contributed by atoms with Crippen LogP contribution in [0.4, 0.5) is 0 Å². The largest absolute Gasteiger partial charge is 0.355 e. The number of hydrogen-bond acceptors (Lipinski definition) is 3. The van der Waals surface area contributed by atoms with Crippen molar-refractivity contribution in [1.29, 1.82) is 0 Å². The van der Waals surface area contributed by atoms with Gasteiger partial charge in [-0.15, -0.1) is 11.3 Å². The van der Waals surface area contributed by atoms with Gasteiger partial charge in [0.15, 0.2) is 0 Å². The van der Waals surface area contributed by atoms with Gasteiger partial charge in [0, 0.05) is 23.8 Å². The lowest BCUT2D eigenvalue weighted by atomic mass is 10.1. The van der Waals surface area contributed by atoms with Crippen molar-refractivity contribution in [3.8, 4) is 0 Å². The van der Waals surface area contributed by atoms with E-state index < -0.39 is 0 Å². The molecule has 1 heterocycles. The lowest BCUT2D eigenvalue weighted by Crippen LogP contribution is -2.28. The van der Waals surface area contributed by atoms with Gasteiger partial charge < -0.3 is 5.32 Å². The van der Waals surface area contributed by atoms with E-state index in [4.69, 9.17) is 0 Å². The van der Waals surface area contributed by atoms with Gasteiger partial charge in [-0.25, -0.2) is 4.98 Å². The zero-order valence-corrected chi connectivity index (χ0v) is 12.6. The summed E-state index contributed by atoms with van der Waals surface area (Å²) in [5.74, 6) is 2.07. The van der Waals surface area contributed by atoms with Gasteiger partial charge in [-0.2, -0.15) is 0 Å². The van der Waals surface area contributed by atoms with Crippen LogP contribution in [0, 0.1) is 24.7 Å². The van der Waals surface area contributed by atoms with E-state index in [1.807, 2.05) is 0 Å². The number of fused-ring (bicyclic) bond motifs is 1. The molecule has 2 fully saturated rings. The molecule has 0 radical (unpaired) electrons. The van der Waals surface area contributed by atoms with Crippen LogP contribution in [0.1, 0.15) is 41.8 Å². The van der Waals surface area contributed by atoms with E-state index in [0.717, 1.165) is 24.4 Å². The molecular formula is C15H22N2OS. The number of amides is 1. The highest BCUT2D eigenvalue weighted by molar-refractivity contribution is 7.11. The van der Waals surface area contributed by atoms with Gasteiger partial charge in [0.05, 0.1) is 10.7 Å². The van der Waals surface area contributed by atoms with Gasteiger partial charge >= 0.3 is 0 Å². The van der Waals surface area contributed by atoms with Crippen LogP contribution < -0.4 is 5.32 Å². The molecule has 0 aromatic carbocycles. The summed E-state index contributed by atoms with van der Waals surface area (Å²) < 4.78 is 0. The minimum Gasteiger partial charge on any atom is -0.355 e. The number of aryl methyl sites for hydroxylation is 2. The number of rotatable bonds is 5. The van der Waals surface area contributed by atoms with E-state index in [1.54, 1.807) is 11.3 Å². The molecular weight excluding hydrogens is 256 g/mol. The summed E-state index contributed by atoms with van der Waals surface area (Å²) in [4.78, 5) is 17.9. The number of nitrogens with one attached hydrogen (secondary N) is 1. The Morgan fingerprint density at radius 1 is 1.42 bits per heavy atom. The highest BCUT2D eigenvalue weighted by atomic mass is 32.1. The van der Waals surface area contributed by atoms with Crippen molar-refractivity contribution in [2.45, 2.75) is 46.0 Å². The first kappa shape index (κ1) is 13.1. The fraction of sp³-hybridized carbons (Fsp3) is 0.733. The van der Waals surface area contributed by atoms with E-state index in [1.165, 1.54) is 29.8 Å². The predicted molar refractivity (Wildman–Crippen MR) is 77.3 cm³/mol. The smallest absolute Gasteiger partial charge is 0.223 e. The molecule has 1 N–H and O–H groups in total. The van der Waals surface area contributed by atoms with Crippen LogP contribution >= 0.6 is 11.3 Å². The molecule has 0 bridgehead atoms. The Morgan fingerprint density at radius 2 is 2.16 bits per heavy atom. The molecule has 2 aliphatic carbocycles. The van der Waals surface area contributed by atoms with Gasteiger partial charge in [0.25, 0.3) is 0 Å². The number of hydrogen-bond donors (Lipinski definition) is 1. The SMILES string of the molecule is CCc1nc(CCNC(=O)C2C3CCCC32)sc1C. The fourth-order valence-electron chi connectivity index (χ4n) is 3.54. The molecule has 2 atom stereocenters. The fourth-order valence-corrected chi connectivity index (χ4v) is 4.56. The van der Waals surface area contributed by atoms with Crippen LogP contribution in [0.15, 0.2) is 0 Å². The Kier molecular flexibility index (Phi) is 3.61. The maximum Gasteiger partial charge on any atom is 0.223 e. The predicted octanol–water partition coefficient (Wildman–Crippen LogP) is 2.72. The summed E-state index contributed by atoms with van der Waals surface area (Å²) in [7, 11) is 0. The average Bonchev–Trinajstić information content (AvgIpc) is 2.74. The Hall–Kier alpha value is -0.900. The molecule has 0 saturated heterocycles. The number of aromatic nitrogens is 1. The van der Waals surface area contributed by atoms with Crippen LogP contribution in [-0.2, 0) is 17.6 Å². The summed E-state index contributed by atoms with van der Waals surface area (Å²) in [5.41, 5.74) is 1.21. The standard InChI is InChI=1S/C15H22N2OS/c1-3-12-9(2)19-13(17-12)7-8-16-15(18)14-10-5-4-6-11(10)14/h10-11,14H,3-8H2,1-2H3,(H,16,18). The Bertz CT molecular complexity index is 472. The number of thiazole rings is 1. The second-order valence-corrected chi connectivity index (χ2v) is 7.08. The number of carbonyl (C=O) groups is 1. The van der Waals surface area contributed by atoms with E-state index in [-0.39, 0.29) is 0 Å². The van der Waals surface area contributed by atoms with Crippen molar-refractivity contribution in [1.82, 2.24) is 10.3 Å². The average molecular weight is 278 g/mol. The lowest BCUT2D eigenvalue weighted by Gasteiger charge is -2.05. The zero-order valence-electron chi connectivity index (χ0n) is 11.7. The van der Waals surface area contributed by atoms with Crippen molar-refractivity contribution in [3.63, 3.8) is 0 Å². The normalized spacial score (nSPS) is 28.2. The highest BCUT2D eigenvalue weighted by Crippen LogP contribution is 2.57. The van der Waals surface area contributed by atoms with Gasteiger partial charge in [-0.3, -0.25) is 4.79 Å². The van der Waals surface area contributed by atoms with Crippen molar-refractivity contribution in [2.24, 2.45) is 17.8 Å². The quantitative estimate of drug-likeness (QED) is 0.900. The van der Waals surface area contributed by atoms with Crippen molar-refractivity contribution in [3.05, 3.63) is 15.6 Å². The van der Waals surface area contributed by atoms with Crippen LogP contribution in [0.3, 0.4) is 0 Å². The van der Waals surface area contributed by atoms with Gasteiger partial charge in [0.1, 0.15) is 0 Å². The molecule has 1 aromatic rings. The van der Waals surface area contributed by atoms with Gasteiger partial charge in [0.2, 0.25) is 5.91 Å². The van der Waals surface area contributed by atoms with Crippen molar-refractivity contribution in [2.75, 3.05) is 6.54 Å². The first-order valence-corrected chi connectivity index (χ1v) is 8.25. The topological polar surface area (TPSA) is 42.0 Å². The van der Waals surface area contributed by atoms with Gasteiger partial charge in [-0.1, -0.05) is 13.3 Å². The molecule has 3 nitrogen and oxygen atoms in total.